The van der Waals surface area contributed by atoms with Gasteiger partial charge in [0, 0.05) is 11.5 Å². The van der Waals surface area contributed by atoms with E-state index >= 15 is 0 Å². The first-order valence-electron chi connectivity index (χ1n) is 7.93. The van der Waals surface area contributed by atoms with Crippen LogP contribution in [-0.4, -0.2) is 36.7 Å². The van der Waals surface area contributed by atoms with Crippen LogP contribution in [0.4, 0.5) is 0 Å². The molecule has 0 unspecified atom stereocenters. The first kappa shape index (κ1) is 17.7. The Balaban J connectivity index is 2.20. The maximum absolute atomic E-state index is 13.4. The quantitative estimate of drug-likeness (QED) is 0.607. The molecule has 1 aliphatic carbocycles. The molecule has 3 rings (SSSR count). The molecule has 1 aromatic carbocycles. The number of thioether (sulfide) groups is 1. The van der Waals surface area contributed by atoms with Crippen molar-refractivity contribution in [2.75, 3.05) is 14.2 Å². The highest BCUT2D eigenvalue weighted by atomic mass is 32.2. The average Bonchev–Trinajstić information content (AvgIpc) is 3.09. The van der Waals surface area contributed by atoms with Crippen LogP contribution in [0, 0.1) is 16.7 Å². The van der Waals surface area contributed by atoms with Crippen molar-refractivity contribution in [1.29, 1.82) is 0 Å². The summed E-state index contributed by atoms with van der Waals surface area (Å²) in [5, 5.41) is 1.79. The van der Waals surface area contributed by atoms with Gasteiger partial charge in [0.1, 0.15) is 10.2 Å². The van der Waals surface area contributed by atoms with Gasteiger partial charge in [-0.15, -0.1) is 11.8 Å². The molecule has 0 amide bonds. The smallest absolute Gasteiger partial charge is 0.314 e. The molecule has 4 atom stereocenters. The fraction of sp³-hybridized carbons (Fsp3) is 0.421. The number of ketones is 1. The zero-order chi connectivity index (χ0) is 18.5. The summed E-state index contributed by atoms with van der Waals surface area (Å²) in [5.74, 6) is -1.73. The summed E-state index contributed by atoms with van der Waals surface area (Å²) in [6.07, 6.45) is 1.83. The van der Waals surface area contributed by atoms with E-state index in [4.69, 9.17) is 9.47 Å². The molecule has 132 valence electrons. The number of carbonyl (C=O) groups is 3. The van der Waals surface area contributed by atoms with Gasteiger partial charge in [0.2, 0.25) is 0 Å². The monoisotopic (exact) mass is 360 g/mol. The lowest BCUT2D eigenvalue weighted by Gasteiger charge is -2.66. The molecule has 0 saturated heterocycles. The number of benzene rings is 1. The Labute approximate surface area is 150 Å². The fourth-order valence-corrected chi connectivity index (χ4v) is 6.08. The third-order valence-corrected chi connectivity index (χ3v) is 7.46. The molecule has 5 nitrogen and oxygen atoms in total. The van der Waals surface area contributed by atoms with Crippen LogP contribution in [0.2, 0.25) is 0 Å². The Morgan fingerprint density at radius 1 is 1.00 bits per heavy atom. The Hall–Kier alpha value is -2.08. The van der Waals surface area contributed by atoms with Gasteiger partial charge in [0.05, 0.1) is 19.6 Å². The molecule has 6 heteroatoms. The molecule has 1 fully saturated rings. The van der Waals surface area contributed by atoms with Crippen LogP contribution >= 0.6 is 11.8 Å². The summed E-state index contributed by atoms with van der Waals surface area (Å²) in [6, 6.07) is 8.82. The zero-order valence-corrected chi connectivity index (χ0v) is 15.4. The van der Waals surface area contributed by atoms with E-state index in [0.717, 1.165) is 0 Å². The van der Waals surface area contributed by atoms with Crippen molar-refractivity contribution in [3.8, 4) is 0 Å². The SMILES string of the molecule is COC(=O)[C@@]1(C)[C@@](C)(C(=O)OC)[C@@H]2C=CS[C@@]21C(=O)c1ccccc1. The van der Waals surface area contributed by atoms with Crippen molar-refractivity contribution in [3.63, 3.8) is 0 Å². The normalized spacial score (nSPS) is 35.4. The van der Waals surface area contributed by atoms with Crippen LogP contribution in [-0.2, 0) is 19.1 Å². The minimum Gasteiger partial charge on any atom is -0.469 e. The number of ether oxygens (including phenoxy) is 2. The summed E-state index contributed by atoms with van der Waals surface area (Å²) < 4.78 is 8.89. The highest BCUT2D eigenvalue weighted by Crippen LogP contribution is 2.76. The lowest BCUT2D eigenvalue weighted by Crippen LogP contribution is -2.79. The number of hydrogen-bond acceptors (Lipinski definition) is 6. The van der Waals surface area contributed by atoms with Crippen LogP contribution in [0.25, 0.3) is 0 Å². The number of hydrogen-bond donors (Lipinski definition) is 0. The number of carbonyl (C=O) groups excluding carboxylic acids is 3. The molecule has 2 aliphatic rings. The summed E-state index contributed by atoms with van der Waals surface area (Å²) in [7, 11) is 2.56. The van der Waals surface area contributed by atoms with Crippen molar-refractivity contribution < 1.29 is 23.9 Å². The first-order chi connectivity index (χ1) is 11.8. The van der Waals surface area contributed by atoms with E-state index in [9.17, 15) is 14.4 Å². The van der Waals surface area contributed by atoms with E-state index in [0.29, 0.717) is 5.56 Å². The van der Waals surface area contributed by atoms with E-state index in [1.165, 1.54) is 26.0 Å². The van der Waals surface area contributed by atoms with Crippen molar-refractivity contribution >= 4 is 29.5 Å². The topological polar surface area (TPSA) is 69.7 Å². The molecular weight excluding hydrogens is 340 g/mol. The lowest BCUT2D eigenvalue weighted by molar-refractivity contribution is -0.205. The van der Waals surface area contributed by atoms with E-state index in [1.807, 2.05) is 12.1 Å². The van der Waals surface area contributed by atoms with Crippen molar-refractivity contribution in [2.24, 2.45) is 16.7 Å². The summed E-state index contributed by atoms with van der Waals surface area (Å²) >= 11 is 1.28. The molecular formula is C19H20O5S. The van der Waals surface area contributed by atoms with Gasteiger partial charge in [-0.25, -0.2) is 0 Å². The molecule has 0 aromatic heterocycles. The molecule has 1 aromatic rings. The Bertz CT molecular complexity index is 773. The summed E-state index contributed by atoms with van der Waals surface area (Å²) in [5.41, 5.74) is -2.03. The number of methoxy groups -OCH3 is 2. The van der Waals surface area contributed by atoms with Crippen molar-refractivity contribution in [1.82, 2.24) is 0 Å². The minimum atomic E-state index is -1.35. The van der Waals surface area contributed by atoms with Crippen LogP contribution in [0.3, 0.4) is 0 Å². The number of fused-ring (bicyclic) bond motifs is 1. The molecule has 1 aliphatic heterocycles. The molecule has 1 saturated carbocycles. The number of allylic oxidation sites excluding steroid dienone is 1. The highest BCUT2D eigenvalue weighted by molar-refractivity contribution is 8.04. The third kappa shape index (κ3) is 1.83. The van der Waals surface area contributed by atoms with Gasteiger partial charge in [-0.2, -0.15) is 0 Å². The molecule has 0 bridgehead atoms. The van der Waals surface area contributed by atoms with Gasteiger partial charge >= 0.3 is 11.9 Å². The Kier molecular flexibility index (Phi) is 4.06. The Morgan fingerprint density at radius 2 is 1.60 bits per heavy atom. The summed E-state index contributed by atoms with van der Waals surface area (Å²) in [6.45, 7) is 3.31. The minimum absolute atomic E-state index is 0.178. The third-order valence-electron chi connectivity index (χ3n) is 5.94. The van der Waals surface area contributed by atoms with Gasteiger partial charge in [0.15, 0.2) is 5.78 Å². The van der Waals surface area contributed by atoms with Crippen molar-refractivity contribution in [2.45, 2.75) is 18.6 Å². The van der Waals surface area contributed by atoms with Crippen LogP contribution < -0.4 is 0 Å². The van der Waals surface area contributed by atoms with E-state index in [2.05, 4.69) is 0 Å². The lowest BCUT2D eigenvalue weighted by atomic mass is 9.37. The molecule has 0 N–H and O–H groups in total. The van der Waals surface area contributed by atoms with Crippen LogP contribution in [0.1, 0.15) is 24.2 Å². The second-order valence-electron chi connectivity index (χ2n) is 6.67. The average molecular weight is 360 g/mol. The maximum Gasteiger partial charge on any atom is 0.314 e. The molecule has 0 radical (unpaired) electrons. The maximum atomic E-state index is 13.4. The van der Waals surface area contributed by atoms with Crippen LogP contribution in [0.15, 0.2) is 41.8 Å². The van der Waals surface area contributed by atoms with Crippen molar-refractivity contribution in [3.05, 3.63) is 47.4 Å². The zero-order valence-electron chi connectivity index (χ0n) is 14.6. The van der Waals surface area contributed by atoms with Gasteiger partial charge in [0.25, 0.3) is 0 Å². The largest absolute Gasteiger partial charge is 0.469 e. The Morgan fingerprint density at radius 3 is 2.16 bits per heavy atom. The molecule has 1 heterocycles. The van der Waals surface area contributed by atoms with E-state index in [-0.39, 0.29) is 5.78 Å². The fourth-order valence-electron chi connectivity index (χ4n) is 4.42. The molecule has 0 spiro atoms. The number of esters is 2. The van der Waals surface area contributed by atoms with Crippen LogP contribution in [0.5, 0.6) is 0 Å². The van der Waals surface area contributed by atoms with Gasteiger partial charge in [-0.3, -0.25) is 14.4 Å². The second kappa shape index (κ2) is 5.73. The highest BCUT2D eigenvalue weighted by Gasteiger charge is 2.85. The van der Waals surface area contributed by atoms with Gasteiger partial charge in [-0.1, -0.05) is 36.4 Å². The predicted octanol–water partition coefficient (Wildman–Crippen LogP) is 2.86. The van der Waals surface area contributed by atoms with Gasteiger partial charge < -0.3 is 9.47 Å². The predicted molar refractivity (Wildman–Crippen MR) is 94.0 cm³/mol. The van der Waals surface area contributed by atoms with Gasteiger partial charge in [-0.05, 0) is 19.3 Å². The number of rotatable bonds is 4. The second-order valence-corrected chi connectivity index (χ2v) is 7.82. The van der Waals surface area contributed by atoms with E-state index in [1.54, 1.807) is 43.5 Å². The number of Topliss-reactive ketones (excluding diaryl/α,β-unsaturated/α-hetero) is 1. The van der Waals surface area contributed by atoms with E-state index < -0.39 is 33.4 Å². The summed E-state index contributed by atoms with van der Waals surface area (Å²) in [4.78, 5) is 38.9. The first-order valence-corrected chi connectivity index (χ1v) is 8.81. The molecule has 25 heavy (non-hydrogen) atoms. The standard InChI is InChI=1S/C19H20O5S/c1-17(15(21)23-3)13-10-11-25-19(13,18(17,2)16(22)24-4)14(20)12-8-6-5-7-9-12/h5-11,13H,1-4H3/t13-,17+,18-,19+/m0/s1.